The molecule has 8 heteroatoms. The number of carbonyl (C=O) groups excluding carboxylic acids is 1. The quantitative estimate of drug-likeness (QED) is 0.873. The predicted octanol–water partition coefficient (Wildman–Crippen LogP) is 2.30. The number of carboxylic acid groups (broad SMARTS) is 1. The van der Waals surface area contributed by atoms with Crippen LogP contribution in [-0.2, 0) is 4.74 Å². The molecule has 0 bridgehead atoms. The van der Waals surface area contributed by atoms with Crippen LogP contribution in [0.2, 0.25) is 0 Å². The van der Waals surface area contributed by atoms with Gasteiger partial charge in [-0.25, -0.2) is 13.6 Å². The molecule has 0 radical (unpaired) electrons. The average Bonchev–Trinajstić information content (AvgIpc) is 2.69. The molecule has 1 fully saturated rings. The molecular formula is C13H15F2NO4S. The van der Waals surface area contributed by atoms with E-state index in [1.165, 1.54) is 13.2 Å². The maximum Gasteiger partial charge on any atom is 0.345 e. The van der Waals surface area contributed by atoms with Gasteiger partial charge < -0.3 is 15.2 Å². The van der Waals surface area contributed by atoms with Gasteiger partial charge >= 0.3 is 5.97 Å². The van der Waals surface area contributed by atoms with Gasteiger partial charge in [-0.2, -0.15) is 0 Å². The molecule has 5 nitrogen and oxygen atoms in total. The first-order valence-electron chi connectivity index (χ1n) is 6.21. The normalized spacial score (nSPS) is 18.9. The van der Waals surface area contributed by atoms with Crippen LogP contribution in [0.5, 0.6) is 0 Å². The zero-order valence-corrected chi connectivity index (χ0v) is 12.4. The summed E-state index contributed by atoms with van der Waals surface area (Å²) in [4.78, 5) is 23.7. The number of alkyl halides is 2. The van der Waals surface area contributed by atoms with Crippen molar-refractivity contribution in [3.63, 3.8) is 0 Å². The van der Waals surface area contributed by atoms with E-state index in [1.807, 2.05) is 0 Å². The molecule has 0 spiro atoms. The van der Waals surface area contributed by atoms with Gasteiger partial charge in [0.15, 0.2) is 0 Å². The molecule has 0 atom stereocenters. The number of carbonyl (C=O) groups is 2. The summed E-state index contributed by atoms with van der Waals surface area (Å²) >= 11 is 0.976. The lowest BCUT2D eigenvalue weighted by Gasteiger charge is -2.47. The third-order valence-electron chi connectivity index (χ3n) is 3.37. The van der Waals surface area contributed by atoms with E-state index in [-0.39, 0.29) is 17.0 Å². The Balaban J connectivity index is 2.15. The summed E-state index contributed by atoms with van der Waals surface area (Å²) in [6, 6.07) is 1.26. The predicted molar refractivity (Wildman–Crippen MR) is 72.3 cm³/mol. The molecule has 116 valence electrons. The summed E-state index contributed by atoms with van der Waals surface area (Å²) in [5.74, 6) is -4.48. The third-order valence-corrected chi connectivity index (χ3v) is 4.41. The van der Waals surface area contributed by atoms with Crippen LogP contribution in [0.3, 0.4) is 0 Å². The number of nitrogens with one attached hydrogen (secondary N) is 1. The van der Waals surface area contributed by atoms with Crippen molar-refractivity contribution in [2.24, 2.45) is 0 Å². The summed E-state index contributed by atoms with van der Waals surface area (Å²) in [5.41, 5.74) is -0.893. The Morgan fingerprint density at radius 2 is 2.10 bits per heavy atom. The van der Waals surface area contributed by atoms with Gasteiger partial charge in [0, 0.05) is 24.8 Å². The zero-order valence-electron chi connectivity index (χ0n) is 11.5. The Labute approximate surface area is 123 Å². The minimum Gasteiger partial charge on any atom is -0.477 e. The third kappa shape index (κ3) is 3.21. The molecule has 0 aromatic carbocycles. The summed E-state index contributed by atoms with van der Waals surface area (Å²) in [7, 11) is 1.38. The molecular weight excluding hydrogens is 304 g/mol. The van der Waals surface area contributed by atoms with Gasteiger partial charge in [-0.3, -0.25) is 4.79 Å². The van der Waals surface area contributed by atoms with Crippen molar-refractivity contribution in [3.05, 3.63) is 21.4 Å². The number of aromatic carboxylic acids is 1. The van der Waals surface area contributed by atoms with Gasteiger partial charge in [-0.1, -0.05) is 0 Å². The number of hydrogen-bond donors (Lipinski definition) is 2. The Kier molecular flexibility index (Phi) is 4.03. The number of hydrogen-bond acceptors (Lipinski definition) is 4. The SMILES string of the molecule is COCC1(NC(=O)c2cc(C(=O)O)sc2C)CC(F)(F)C1. The number of thiophene rings is 1. The molecule has 1 aliphatic carbocycles. The monoisotopic (exact) mass is 319 g/mol. The lowest BCUT2D eigenvalue weighted by molar-refractivity contribution is -0.146. The van der Waals surface area contributed by atoms with Crippen LogP contribution in [0.15, 0.2) is 6.07 Å². The van der Waals surface area contributed by atoms with Crippen molar-refractivity contribution < 1.29 is 28.2 Å². The van der Waals surface area contributed by atoms with Crippen LogP contribution in [0, 0.1) is 6.92 Å². The molecule has 0 aliphatic heterocycles. The number of rotatable bonds is 5. The molecule has 1 saturated carbocycles. The minimum absolute atomic E-state index is 0.0106. The van der Waals surface area contributed by atoms with Crippen molar-refractivity contribution >= 4 is 23.2 Å². The van der Waals surface area contributed by atoms with Gasteiger partial charge in [-0.15, -0.1) is 11.3 Å². The summed E-state index contributed by atoms with van der Waals surface area (Å²) < 4.78 is 31.1. The van der Waals surface area contributed by atoms with Crippen molar-refractivity contribution in [3.8, 4) is 0 Å². The largest absolute Gasteiger partial charge is 0.477 e. The van der Waals surface area contributed by atoms with Crippen molar-refractivity contribution in [1.29, 1.82) is 0 Å². The highest BCUT2D eigenvalue weighted by molar-refractivity contribution is 7.14. The first kappa shape index (κ1) is 15.8. The molecule has 1 aromatic heterocycles. The second kappa shape index (κ2) is 5.34. The second-order valence-electron chi connectivity index (χ2n) is 5.26. The van der Waals surface area contributed by atoms with E-state index < -0.39 is 36.2 Å². The molecule has 2 rings (SSSR count). The Morgan fingerprint density at radius 1 is 1.48 bits per heavy atom. The standard InChI is InChI=1S/C13H15F2NO4S/c1-7-8(3-9(21-7)11(18)19)10(17)16-12(6-20-2)4-13(14,15)5-12/h3H,4-6H2,1-2H3,(H,16,17)(H,18,19). The second-order valence-corrected chi connectivity index (χ2v) is 6.52. The zero-order chi connectivity index (χ0) is 15.8. The van der Waals surface area contributed by atoms with Gasteiger partial charge in [0.2, 0.25) is 0 Å². The van der Waals surface area contributed by atoms with E-state index in [2.05, 4.69) is 5.32 Å². The van der Waals surface area contributed by atoms with Crippen molar-refractivity contribution in [2.75, 3.05) is 13.7 Å². The van der Waals surface area contributed by atoms with Crippen LogP contribution >= 0.6 is 11.3 Å². The number of halogens is 2. The van der Waals surface area contributed by atoms with Crippen LogP contribution in [0.25, 0.3) is 0 Å². The molecule has 0 saturated heterocycles. The van der Waals surface area contributed by atoms with Crippen molar-refractivity contribution in [1.82, 2.24) is 5.32 Å². The number of carboxylic acids is 1. The van der Waals surface area contributed by atoms with Crippen LogP contribution in [0.1, 0.15) is 37.7 Å². The summed E-state index contributed by atoms with van der Waals surface area (Å²) in [5, 5.41) is 11.5. The van der Waals surface area contributed by atoms with Gasteiger partial charge in [-0.05, 0) is 13.0 Å². The van der Waals surface area contributed by atoms with E-state index >= 15 is 0 Å². The smallest absolute Gasteiger partial charge is 0.345 e. The molecule has 1 heterocycles. The summed E-state index contributed by atoms with van der Waals surface area (Å²) in [6.45, 7) is 1.60. The van der Waals surface area contributed by atoms with Gasteiger partial charge in [0.05, 0.1) is 17.7 Å². The van der Waals surface area contributed by atoms with Gasteiger partial charge in [0.25, 0.3) is 11.8 Å². The molecule has 21 heavy (non-hydrogen) atoms. The molecule has 1 aliphatic rings. The highest BCUT2D eigenvalue weighted by Gasteiger charge is 2.57. The number of amides is 1. The van der Waals surface area contributed by atoms with Gasteiger partial charge in [0.1, 0.15) is 4.88 Å². The Morgan fingerprint density at radius 3 is 2.52 bits per heavy atom. The number of aryl methyl sites for hydroxylation is 1. The van der Waals surface area contributed by atoms with E-state index in [1.54, 1.807) is 6.92 Å². The Hall–Kier alpha value is -1.54. The van der Waals surface area contributed by atoms with Crippen molar-refractivity contribution in [2.45, 2.75) is 31.2 Å². The maximum absolute atomic E-state index is 13.1. The number of ether oxygens (including phenoxy) is 1. The van der Waals surface area contributed by atoms with Crippen LogP contribution in [-0.4, -0.2) is 42.2 Å². The fraction of sp³-hybridized carbons (Fsp3) is 0.538. The summed E-state index contributed by atoms with van der Waals surface area (Å²) in [6.07, 6.45) is -0.955. The van der Waals surface area contributed by atoms with E-state index in [0.29, 0.717) is 4.88 Å². The molecule has 1 amide bonds. The highest BCUT2D eigenvalue weighted by Crippen LogP contribution is 2.46. The van der Waals surface area contributed by atoms with E-state index in [0.717, 1.165) is 11.3 Å². The lowest BCUT2D eigenvalue weighted by atomic mass is 9.73. The fourth-order valence-corrected chi connectivity index (χ4v) is 3.42. The highest BCUT2D eigenvalue weighted by atomic mass is 32.1. The van der Waals surface area contributed by atoms with Crippen LogP contribution < -0.4 is 5.32 Å². The lowest BCUT2D eigenvalue weighted by Crippen LogP contribution is -2.64. The molecule has 0 unspecified atom stereocenters. The first-order chi connectivity index (χ1) is 9.68. The van der Waals surface area contributed by atoms with E-state index in [4.69, 9.17) is 9.84 Å². The molecule has 1 aromatic rings. The fourth-order valence-electron chi connectivity index (χ4n) is 2.56. The average molecular weight is 319 g/mol. The minimum atomic E-state index is -2.80. The van der Waals surface area contributed by atoms with E-state index in [9.17, 15) is 18.4 Å². The first-order valence-corrected chi connectivity index (χ1v) is 7.03. The number of methoxy groups -OCH3 is 1. The Bertz CT molecular complexity index is 577. The molecule has 2 N–H and O–H groups in total. The topological polar surface area (TPSA) is 75.6 Å². The van der Waals surface area contributed by atoms with Crippen LogP contribution in [0.4, 0.5) is 8.78 Å². The maximum atomic E-state index is 13.1.